The van der Waals surface area contributed by atoms with E-state index in [0.29, 0.717) is 15.7 Å². The van der Waals surface area contributed by atoms with Crippen LogP contribution in [-0.2, 0) is 0 Å². The molecule has 2 N–H and O–H groups in total. The molecule has 76 valence electrons. The van der Waals surface area contributed by atoms with E-state index in [4.69, 9.17) is 28.9 Å². The second kappa shape index (κ2) is 4.09. The fourth-order valence-corrected chi connectivity index (χ4v) is 1.85. The summed E-state index contributed by atoms with van der Waals surface area (Å²) in [5.41, 5.74) is 8.02. The lowest BCUT2D eigenvalue weighted by Crippen LogP contribution is -1.88. The van der Waals surface area contributed by atoms with Crippen molar-refractivity contribution in [1.29, 1.82) is 0 Å². The Morgan fingerprint density at radius 3 is 2.53 bits per heavy atom. The molecule has 0 spiro atoms. The molecule has 0 saturated carbocycles. The Labute approximate surface area is 97.7 Å². The molecule has 0 bridgehead atoms. The van der Waals surface area contributed by atoms with Crippen LogP contribution in [0.3, 0.4) is 0 Å². The van der Waals surface area contributed by atoms with Crippen molar-refractivity contribution >= 4 is 28.9 Å². The van der Waals surface area contributed by atoms with Gasteiger partial charge in [-0.25, -0.2) is 0 Å². The molecular weight excluding hydrogens is 231 g/mol. The van der Waals surface area contributed by atoms with Crippen molar-refractivity contribution in [1.82, 2.24) is 4.98 Å². The summed E-state index contributed by atoms with van der Waals surface area (Å²) >= 11 is 11.9. The predicted molar refractivity (Wildman–Crippen MR) is 64.1 cm³/mol. The summed E-state index contributed by atoms with van der Waals surface area (Å²) in [5.74, 6) is 0. The highest BCUT2D eigenvalue weighted by Gasteiger charge is 2.04. The van der Waals surface area contributed by atoms with Crippen molar-refractivity contribution in [3.8, 4) is 11.1 Å². The van der Waals surface area contributed by atoms with Gasteiger partial charge in [-0.1, -0.05) is 29.3 Å². The first-order valence-corrected chi connectivity index (χ1v) is 5.08. The number of halogens is 2. The fourth-order valence-electron chi connectivity index (χ4n) is 1.33. The van der Waals surface area contributed by atoms with E-state index >= 15 is 0 Å². The van der Waals surface area contributed by atoms with Crippen LogP contribution < -0.4 is 5.73 Å². The molecule has 2 aromatic rings. The van der Waals surface area contributed by atoms with E-state index in [9.17, 15) is 0 Å². The Hall–Kier alpha value is -1.25. The first-order valence-electron chi connectivity index (χ1n) is 4.33. The number of rotatable bonds is 1. The van der Waals surface area contributed by atoms with Crippen LogP contribution in [0.4, 0.5) is 5.69 Å². The Bertz CT molecular complexity index is 498. The van der Waals surface area contributed by atoms with Crippen molar-refractivity contribution in [3.05, 3.63) is 46.7 Å². The molecule has 0 fully saturated rings. The summed E-state index contributed by atoms with van der Waals surface area (Å²) in [6.45, 7) is 0. The minimum atomic E-state index is 0.593. The number of aromatic nitrogens is 1. The summed E-state index contributed by atoms with van der Waals surface area (Å²) in [6.07, 6.45) is 3.30. The molecule has 2 nitrogen and oxygen atoms in total. The van der Waals surface area contributed by atoms with Crippen molar-refractivity contribution < 1.29 is 0 Å². The summed E-state index contributed by atoms with van der Waals surface area (Å²) in [6, 6.07) is 7.15. The molecule has 0 amide bonds. The van der Waals surface area contributed by atoms with Crippen molar-refractivity contribution in [3.63, 3.8) is 0 Å². The molecule has 1 aromatic heterocycles. The number of hydrogen-bond donors (Lipinski definition) is 1. The second-order valence-electron chi connectivity index (χ2n) is 3.13. The first-order chi connectivity index (χ1) is 7.16. The highest BCUT2D eigenvalue weighted by atomic mass is 35.5. The van der Waals surface area contributed by atoms with Crippen molar-refractivity contribution in [2.75, 3.05) is 5.73 Å². The number of anilines is 1. The molecule has 0 aliphatic carbocycles. The van der Waals surface area contributed by atoms with Crippen LogP contribution in [0.5, 0.6) is 0 Å². The van der Waals surface area contributed by atoms with E-state index in [2.05, 4.69) is 4.98 Å². The highest BCUT2D eigenvalue weighted by Crippen LogP contribution is 2.30. The predicted octanol–water partition coefficient (Wildman–Crippen LogP) is 3.64. The molecule has 0 aliphatic heterocycles. The largest absolute Gasteiger partial charge is 0.397 e. The summed E-state index contributed by atoms with van der Waals surface area (Å²) in [4.78, 5) is 4.01. The number of benzene rings is 1. The summed E-state index contributed by atoms with van der Waals surface area (Å²) < 4.78 is 0. The van der Waals surface area contributed by atoms with Gasteiger partial charge in [-0.3, -0.25) is 4.98 Å². The van der Waals surface area contributed by atoms with Crippen molar-refractivity contribution in [2.24, 2.45) is 0 Å². The third kappa shape index (κ3) is 2.22. The van der Waals surface area contributed by atoms with E-state index < -0.39 is 0 Å². The smallest absolute Gasteiger partial charge is 0.0506 e. The van der Waals surface area contributed by atoms with Crippen LogP contribution in [-0.4, -0.2) is 4.98 Å². The summed E-state index contributed by atoms with van der Waals surface area (Å²) in [5, 5.41) is 1.20. The molecule has 1 heterocycles. The van der Waals surface area contributed by atoms with Crippen LogP contribution >= 0.6 is 23.2 Å². The molecule has 1 aromatic carbocycles. The number of pyridine rings is 1. The Kier molecular flexibility index (Phi) is 2.80. The van der Waals surface area contributed by atoms with Gasteiger partial charge in [-0.2, -0.15) is 0 Å². The van der Waals surface area contributed by atoms with Crippen LogP contribution in [0.25, 0.3) is 11.1 Å². The van der Waals surface area contributed by atoms with E-state index in [1.807, 2.05) is 12.1 Å². The maximum absolute atomic E-state index is 6.06. The first kappa shape index (κ1) is 10.3. The summed E-state index contributed by atoms with van der Waals surface area (Å²) in [7, 11) is 0. The van der Waals surface area contributed by atoms with Crippen LogP contribution in [0.2, 0.25) is 10.0 Å². The minimum absolute atomic E-state index is 0.593. The van der Waals surface area contributed by atoms with Crippen molar-refractivity contribution in [2.45, 2.75) is 0 Å². The van der Waals surface area contributed by atoms with Gasteiger partial charge in [0.05, 0.1) is 5.69 Å². The monoisotopic (exact) mass is 238 g/mol. The average molecular weight is 239 g/mol. The second-order valence-corrected chi connectivity index (χ2v) is 3.97. The minimum Gasteiger partial charge on any atom is -0.397 e. The van der Waals surface area contributed by atoms with Gasteiger partial charge in [0.15, 0.2) is 0 Å². The van der Waals surface area contributed by atoms with Gasteiger partial charge in [0.2, 0.25) is 0 Å². The number of nitrogens with two attached hydrogens (primary N) is 1. The van der Waals surface area contributed by atoms with E-state index in [1.54, 1.807) is 24.5 Å². The lowest BCUT2D eigenvalue weighted by molar-refractivity contribution is 1.33. The van der Waals surface area contributed by atoms with E-state index in [-0.39, 0.29) is 0 Å². The molecule has 0 atom stereocenters. The molecule has 0 aliphatic rings. The zero-order chi connectivity index (χ0) is 10.8. The van der Waals surface area contributed by atoms with Gasteiger partial charge in [-0.05, 0) is 18.2 Å². The quantitative estimate of drug-likeness (QED) is 0.825. The average Bonchev–Trinajstić information content (AvgIpc) is 2.17. The van der Waals surface area contributed by atoms with Gasteiger partial charge >= 0.3 is 0 Å². The van der Waals surface area contributed by atoms with Crippen LogP contribution in [0.1, 0.15) is 0 Å². The highest BCUT2D eigenvalue weighted by molar-refractivity contribution is 6.36. The Balaban J connectivity index is 2.54. The molecule has 15 heavy (non-hydrogen) atoms. The standard InChI is InChI=1S/C11H8Cl2N2/c12-8-1-2-10(11(13)4-8)7-3-9(14)6-15-5-7/h1-6H,14H2. The lowest BCUT2D eigenvalue weighted by Gasteiger charge is -2.04. The van der Waals surface area contributed by atoms with Crippen LogP contribution in [0.15, 0.2) is 36.7 Å². The fraction of sp³-hybridized carbons (Fsp3) is 0. The SMILES string of the molecule is Nc1cncc(-c2ccc(Cl)cc2Cl)c1. The number of nitrogens with zero attached hydrogens (tertiary/aromatic N) is 1. The molecule has 0 saturated heterocycles. The molecular formula is C11H8Cl2N2. The molecule has 0 radical (unpaired) electrons. The topological polar surface area (TPSA) is 38.9 Å². The van der Waals surface area contributed by atoms with Gasteiger partial charge in [0, 0.05) is 33.6 Å². The maximum atomic E-state index is 6.06. The van der Waals surface area contributed by atoms with Crippen LogP contribution in [0, 0.1) is 0 Å². The van der Waals surface area contributed by atoms with E-state index in [0.717, 1.165) is 11.1 Å². The number of nitrogen functional groups attached to an aromatic ring is 1. The number of hydrogen-bond acceptors (Lipinski definition) is 2. The Morgan fingerprint density at radius 1 is 1.07 bits per heavy atom. The lowest BCUT2D eigenvalue weighted by atomic mass is 10.1. The molecule has 4 heteroatoms. The zero-order valence-corrected chi connectivity index (χ0v) is 9.26. The van der Waals surface area contributed by atoms with Gasteiger partial charge in [0.1, 0.15) is 0 Å². The molecule has 0 unspecified atom stereocenters. The molecule has 2 rings (SSSR count). The third-order valence-electron chi connectivity index (χ3n) is 2.00. The van der Waals surface area contributed by atoms with E-state index in [1.165, 1.54) is 0 Å². The third-order valence-corrected chi connectivity index (χ3v) is 2.55. The maximum Gasteiger partial charge on any atom is 0.0506 e. The van der Waals surface area contributed by atoms with Gasteiger partial charge in [0.25, 0.3) is 0 Å². The van der Waals surface area contributed by atoms with Gasteiger partial charge < -0.3 is 5.73 Å². The zero-order valence-electron chi connectivity index (χ0n) is 7.74. The normalized spacial score (nSPS) is 10.3. The van der Waals surface area contributed by atoms with Gasteiger partial charge in [-0.15, -0.1) is 0 Å². The Morgan fingerprint density at radius 2 is 1.87 bits per heavy atom.